The van der Waals surface area contributed by atoms with Gasteiger partial charge in [-0.1, -0.05) is 103 Å². The molecular weight excluding hydrogens is 488 g/mol. The summed E-state index contributed by atoms with van der Waals surface area (Å²) >= 11 is 0. The van der Waals surface area contributed by atoms with Crippen LogP contribution in [0.15, 0.2) is 0 Å². The lowest BCUT2D eigenvalue weighted by molar-refractivity contribution is -0.355. The fourth-order valence-electron chi connectivity index (χ4n) is 3.86. The van der Waals surface area contributed by atoms with Gasteiger partial charge in [0.1, 0.15) is 0 Å². The second kappa shape index (κ2) is 17.2. The number of alkyl halides is 7. The molecular formula is C23H42F7O3P. The molecule has 0 aliphatic rings. The zero-order chi connectivity index (χ0) is 26.1. The number of rotatable bonds is 22. The summed E-state index contributed by atoms with van der Waals surface area (Å²) in [5.74, 6) is -11.1. The molecule has 0 fully saturated rings. The highest BCUT2D eigenvalue weighted by atomic mass is 31.2. The molecule has 0 aliphatic carbocycles. The van der Waals surface area contributed by atoms with Gasteiger partial charge in [0.05, 0.1) is 0 Å². The molecule has 0 heterocycles. The van der Waals surface area contributed by atoms with Crippen LogP contribution in [0.3, 0.4) is 0 Å². The summed E-state index contributed by atoms with van der Waals surface area (Å²) in [6, 6.07) is 0. The molecule has 0 rings (SSSR count). The lowest BCUT2D eigenvalue weighted by atomic mass is 10.0. The lowest BCUT2D eigenvalue weighted by Crippen LogP contribution is -2.51. The van der Waals surface area contributed by atoms with Crippen LogP contribution in [0.25, 0.3) is 0 Å². The van der Waals surface area contributed by atoms with Gasteiger partial charge in [0.2, 0.25) is 0 Å². The van der Waals surface area contributed by atoms with Crippen molar-refractivity contribution in [1.82, 2.24) is 0 Å². The second-order valence-corrected chi connectivity index (χ2v) is 11.1. The Morgan fingerprint density at radius 3 is 1.00 bits per heavy atom. The zero-order valence-electron chi connectivity index (χ0n) is 20.0. The minimum Gasteiger partial charge on any atom is -0.324 e. The first-order valence-corrected chi connectivity index (χ1v) is 14.4. The fourth-order valence-corrected chi connectivity index (χ4v) is 4.49. The Balaban J connectivity index is 3.40. The van der Waals surface area contributed by atoms with Crippen LogP contribution in [0, 0.1) is 0 Å². The van der Waals surface area contributed by atoms with Crippen molar-refractivity contribution in [3.8, 4) is 0 Å². The summed E-state index contributed by atoms with van der Waals surface area (Å²) in [7, 11) is -3.85. The van der Waals surface area contributed by atoms with Crippen molar-refractivity contribution in [2.45, 2.75) is 140 Å². The van der Waals surface area contributed by atoms with E-state index in [9.17, 15) is 35.3 Å². The average molecular weight is 531 g/mol. The molecule has 0 atom stereocenters. The van der Waals surface area contributed by atoms with Crippen LogP contribution >= 0.6 is 7.60 Å². The van der Waals surface area contributed by atoms with E-state index in [0.717, 1.165) is 64.2 Å². The molecule has 206 valence electrons. The molecule has 34 heavy (non-hydrogen) atoms. The van der Waals surface area contributed by atoms with Crippen molar-refractivity contribution in [3.63, 3.8) is 0 Å². The van der Waals surface area contributed by atoms with Crippen LogP contribution in [0.5, 0.6) is 0 Å². The first kappa shape index (κ1) is 33.7. The lowest BCUT2D eigenvalue weighted by Gasteiger charge is -2.28. The predicted molar refractivity (Wildman–Crippen MR) is 121 cm³/mol. The topological polar surface area (TPSA) is 57.5 Å². The second-order valence-electron chi connectivity index (χ2n) is 9.28. The molecule has 0 bridgehead atoms. The summed E-state index contributed by atoms with van der Waals surface area (Å²) in [5.41, 5.74) is 0. The highest BCUT2D eigenvalue weighted by Crippen LogP contribution is 2.48. The minimum absolute atomic E-state index is 0.0212. The average Bonchev–Trinajstić information content (AvgIpc) is 2.70. The third-order valence-electron chi connectivity index (χ3n) is 6.01. The van der Waals surface area contributed by atoms with E-state index in [4.69, 9.17) is 9.79 Å². The van der Waals surface area contributed by atoms with Crippen molar-refractivity contribution >= 4 is 7.60 Å². The van der Waals surface area contributed by atoms with Gasteiger partial charge in [-0.3, -0.25) is 4.57 Å². The van der Waals surface area contributed by atoms with Crippen LogP contribution in [0.4, 0.5) is 30.7 Å². The molecule has 11 heteroatoms. The Morgan fingerprint density at radius 2 is 0.735 bits per heavy atom. The van der Waals surface area contributed by atoms with Crippen LogP contribution in [0.1, 0.15) is 122 Å². The molecule has 0 aromatic rings. The van der Waals surface area contributed by atoms with Crippen molar-refractivity contribution < 1.29 is 45.1 Å². The van der Waals surface area contributed by atoms with Gasteiger partial charge in [0.15, 0.2) is 0 Å². The highest BCUT2D eigenvalue weighted by Gasteiger charge is 2.72. The van der Waals surface area contributed by atoms with Gasteiger partial charge in [-0.05, 0) is 12.8 Å². The van der Waals surface area contributed by atoms with Gasteiger partial charge in [0.25, 0.3) is 0 Å². The largest absolute Gasteiger partial charge is 0.459 e. The van der Waals surface area contributed by atoms with E-state index < -0.39 is 32.0 Å². The predicted octanol–water partition coefficient (Wildman–Crippen LogP) is 9.41. The molecule has 0 saturated carbocycles. The van der Waals surface area contributed by atoms with Crippen LogP contribution in [-0.2, 0) is 4.57 Å². The van der Waals surface area contributed by atoms with Gasteiger partial charge >= 0.3 is 25.6 Å². The highest BCUT2D eigenvalue weighted by molar-refractivity contribution is 7.51. The van der Waals surface area contributed by atoms with Crippen LogP contribution < -0.4 is 0 Å². The van der Waals surface area contributed by atoms with Gasteiger partial charge < -0.3 is 9.79 Å². The molecule has 2 N–H and O–H groups in total. The molecule has 0 amide bonds. The third-order valence-corrected chi connectivity index (χ3v) is 6.90. The summed E-state index contributed by atoms with van der Waals surface area (Å²) in [4.78, 5) is 17.5. The van der Waals surface area contributed by atoms with Gasteiger partial charge in [0, 0.05) is 12.6 Å². The van der Waals surface area contributed by atoms with Gasteiger partial charge in [-0.2, -0.15) is 30.7 Å². The van der Waals surface area contributed by atoms with E-state index in [1.807, 2.05) is 0 Å². The smallest absolute Gasteiger partial charge is 0.324 e. The number of unbranched alkanes of at least 4 members (excludes halogenated alkanes) is 17. The molecule has 0 aliphatic heterocycles. The third kappa shape index (κ3) is 16.4. The SMILES string of the molecule is O=P(O)(O)CCCCCCCCCCCCCCCCCCCCC(F)(F)C(F)(F)C(F)(F)F. The van der Waals surface area contributed by atoms with E-state index >= 15 is 0 Å². The monoisotopic (exact) mass is 530 g/mol. The normalized spacial score (nSPS) is 13.6. The standard InChI is InChI=1S/C23H42F7O3P/c24-21(25,22(26,27)23(28,29)30)19-17-15-13-11-9-7-5-3-1-2-4-6-8-10-12-14-16-18-20-34(31,32)33/h1-20H2,(H2,31,32,33). The maximum absolute atomic E-state index is 13.2. The van der Waals surface area contributed by atoms with E-state index in [1.54, 1.807) is 0 Å². The van der Waals surface area contributed by atoms with E-state index in [0.29, 0.717) is 12.8 Å². The Morgan fingerprint density at radius 1 is 0.471 bits per heavy atom. The molecule has 0 unspecified atom stereocenters. The Kier molecular flexibility index (Phi) is 17.0. The number of hydrogen-bond acceptors (Lipinski definition) is 1. The zero-order valence-corrected chi connectivity index (χ0v) is 20.9. The maximum Gasteiger partial charge on any atom is 0.459 e. The molecule has 0 aromatic carbocycles. The number of halogens is 7. The minimum atomic E-state index is -6.24. The molecule has 0 radical (unpaired) electrons. The van der Waals surface area contributed by atoms with Crippen molar-refractivity contribution in [2.24, 2.45) is 0 Å². The number of hydrogen-bond donors (Lipinski definition) is 2. The molecule has 0 spiro atoms. The Labute approximate surface area is 199 Å². The van der Waals surface area contributed by atoms with E-state index in [2.05, 4.69) is 0 Å². The first-order chi connectivity index (χ1) is 15.7. The maximum atomic E-state index is 13.2. The Hall–Kier alpha value is -0.340. The molecule has 3 nitrogen and oxygen atoms in total. The van der Waals surface area contributed by atoms with Gasteiger partial charge in [-0.15, -0.1) is 0 Å². The van der Waals surface area contributed by atoms with Crippen molar-refractivity contribution in [2.75, 3.05) is 6.16 Å². The van der Waals surface area contributed by atoms with E-state index in [-0.39, 0.29) is 19.0 Å². The Bertz CT molecular complexity index is 551. The summed E-state index contributed by atoms with van der Waals surface area (Å²) < 4.78 is 98.7. The van der Waals surface area contributed by atoms with Crippen LogP contribution in [0.2, 0.25) is 0 Å². The fraction of sp³-hybridized carbons (Fsp3) is 1.00. The van der Waals surface area contributed by atoms with Gasteiger partial charge in [-0.25, -0.2) is 0 Å². The summed E-state index contributed by atoms with van der Waals surface area (Å²) in [6.07, 6.45) is 8.18. The first-order valence-electron chi connectivity index (χ1n) is 12.6. The molecule has 0 saturated heterocycles. The van der Waals surface area contributed by atoms with Crippen molar-refractivity contribution in [1.29, 1.82) is 0 Å². The van der Waals surface area contributed by atoms with Crippen LogP contribution in [-0.4, -0.2) is 34.0 Å². The summed E-state index contributed by atoms with van der Waals surface area (Å²) in [5, 5.41) is 0. The van der Waals surface area contributed by atoms with Crippen molar-refractivity contribution in [3.05, 3.63) is 0 Å². The summed E-state index contributed by atoms with van der Waals surface area (Å²) in [6.45, 7) is 0. The molecule has 0 aromatic heterocycles. The van der Waals surface area contributed by atoms with E-state index in [1.165, 1.54) is 25.7 Å². The quantitative estimate of drug-likeness (QED) is 0.0833.